The maximum atomic E-state index is 10.7. The third kappa shape index (κ3) is 49.1. The standard InChI is InChI=1S/C6H20N2O12P4.7K/c9-21(10,11)3-7(4-22(12,13)14)1-2-8(5-23(15,16)17)6-24(18,19)20;;;;;;;/h1-6H2,(H2,9,10,11)(H2,12,13,14)(H2,15,16,17)(H2,18,19,20);;;;;;;/q;7*+1/p-8. The molecule has 0 saturated heterocycles. The number of hydrogen-bond donors (Lipinski definition) is 0. The molecule has 31 heavy (non-hydrogen) atoms. The third-order valence-electron chi connectivity index (χ3n) is 2.23. The molecule has 0 unspecified atom stereocenters. The van der Waals surface area contributed by atoms with Gasteiger partial charge in [0.05, 0.1) is 0 Å². The van der Waals surface area contributed by atoms with Gasteiger partial charge in [-0.2, -0.15) is 0 Å². The normalized spacial score (nSPS) is 11.3. The van der Waals surface area contributed by atoms with Gasteiger partial charge in [-0.1, -0.05) is 30.4 Å². The molecule has 14 nitrogen and oxygen atoms in total. The molecule has 0 aliphatic heterocycles. The minimum atomic E-state index is -5.30. The van der Waals surface area contributed by atoms with E-state index < -0.39 is 68.6 Å². The second kappa shape index (κ2) is 30.6. The van der Waals surface area contributed by atoms with Crippen LogP contribution < -0.4 is 399 Å². The van der Waals surface area contributed by atoms with E-state index in [9.17, 15) is 57.4 Å². The van der Waals surface area contributed by atoms with E-state index in [2.05, 4.69) is 0 Å². The summed E-state index contributed by atoms with van der Waals surface area (Å²) in [6, 6.07) is 0. The first-order valence-corrected chi connectivity index (χ1v) is 12.8. The molecule has 0 aromatic heterocycles. The molecule has 0 amide bonds. The van der Waals surface area contributed by atoms with Gasteiger partial charge in [-0.25, -0.2) is 0 Å². The molecule has 0 aromatic carbocycles. The van der Waals surface area contributed by atoms with Crippen LogP contribution in [-0.2, 0) is 18.3 Å². The van der Waals surface area contributed by atoms with E-state index in [0.717, 1.165) is 0 Å². The average Bonchev–Trinajstić information content (AvgIpc) is 2.16. The predicted octanol–water partition coefficient (Wildman–Crippen LogP) is -27.9. The van der Waals surface area contributed by atoms with Crippen LogP contribution in [0.5, 0.6) is 0 Å². The fraction of sp³-hybridized carbons (Fsp3) is 1.00. The minimum absolute atomic E-state index is 0. The van der Waals surface area contributed by atoms with Crippen molar-refractivity contribution in [1.29, 1.82) is 0 Å². The van der Waals surface area contributed by atoms with Crippen molar-refractivity contribution < 1.29 is 417 Å². The quantitative estimate of drug-likeness (QED) is 0.143. The van der Waals surface area contributed by atoms with Crippen molar-refractivity contribution in [1.82, 2.24) is 9.80 Å². The summed E-state index contributed by atoms with van der Waals surface area (Å²) in [5.74, 6) is 0. The fourth-order valence-electron chi connectivity index (χ4n) is 1.63. The third-order valence-corrected chi connectivity index (χ3v) is 5.21. The van der Waals surface area contributed by atoms with Crippen molar-refractivity contribution in [2.45, 2.75) is 0 Å². The van der Waals surface area contributed by atoms with Crippen LogP contribution in [-0.4, -0.2) is 48.0 Å². The monoisotopic (exact) mass is 701 g/mol. The summed E-state index contributed by atoms with van der Waals surface area (Å²) >= 11 is 0. The largest absolute Gasteiger partial charge is 1.00 e. The molecule has 0 fully saturated rings. The van der Waals surface area contributed by atoms with Crippen LogP contribution in [0.3, 0.4) is 0 Å². The van der Waals surface area contributed by atoms with Crippen LogP contribution in [0.25, 0.3) is 0 Å². The Morgan fingerprint density at radius 3 is 0.613 bits per heavy atom. The molecule has 0 saturated carbocycles. The minimum Gasteiger partial charge on any atom is -0.810 e. The maximum absolute atomic E-state index is 10.7. The zero-order valence-electron chi connectivity index (χ0n) is 18.8. The van der Waals surface area contributed by atoms with Gasteiger partial charge in [-0.3, -0.25) is 9.80 Å². The Morgan fingerprint density at radius 2 is 0.516 bits per heavy atom. The fourth-order valence-corrected chi connectivity index (χ4v) is 4.88. The molecule has 0 aromatic rings. The smallest absolute Gasteiger partial charge is 0.810 e. The Labute approximate surface area is 479 Å². The van der Waals surface area contributed by atoms with E-state index in [0.29, 0.717) is 9.80 Å². The second-order valence-electron chi connectivity index (χ2n) is 4.80. The van der Waals surface area contributed by atoms with E-state index in [1.807, 2.05) is 0 Å². The number of hydrogen-bond acceptors (Lipinski definition) is 14. The number of rotatable bonds is 11. The molecule has 0 spiro atoms. The molecule has 146 valence electrons. The van der Waals surface area contributed by atoms with Crippen LogP contribution in [0.2, 0.25) is 0 Å². The van der Waals surface area contributed by atoms with Crippen molar-refractivity contribution >= 4 is 30.4 Å². The van der Waals surface area contributed by atoms with Crippen molar-refractivity contribution in [3.63, 3.8) is 0 Å². The van der Waals surface area contributed by atoms with Gasteiger partial charge in [0.15, 0.2) is 0 Å². The van der Waals surface area contributed by atoms with E-state index in [-0.39, 0.29) is 360 Å². The summed E-state index contributed by atoms with van der Waals surface area (Å²) in [7, 11) is -21.2. The van der Waals surface area contributed by atoms with E-state index in [1.54, 1.807) is 0 Å². The van der Waals surface area contributed by atoms with Gasteiger partial charge in [0.25, 0.3) is 0 Å². The molecule has 0 N–H and O–H groups in total. The average molecular weight is 702 g/mol. The molecule has 0 rings (SSSR count). The first-order valence-electron chi connectivity index (χ1n) is 5.85. The van der Waals surface area contributed by atoms with E-state index >= 15 is 0 Å². The Balaban J connectivity index is -0.000000126. The van der Waals surface area contributed by atoms with Crippen molar-refractivity contribution in [3.05, 3.63) is 0 Å². The molecule has 0 heterocycles. The summed E-state index contributed by atoms with van der Waals surface area (Å²) in [5, 5.41) is 0. The van der Waals surface area contributed by atoms with Gasteiger partial charge >= 0.3 is 360 Å². The summed E-state index contributed by atoms with van der Waals surface area (Å²) < 4.78 is 42.7. The Kier molecular flexibility index (Phi) is 61.1. The van der Waals surface area contributed by atoms with Gasteiger partial charge < -0.3 is 57.4 Å². The van der Waals surface area contributed by atoms with Gasteiger partial charge in [0, 0.05) is 38.2 Å². The van der Waals surface area contributed by atoms with E-state index in [4.69, 9.17) is 0 Å². The first kappa shape index (κ1) is 61.9. The van der Waals surface area contributed by atoms with Crippen LogP contribution >= 0.6 is 30.4 Å². The molecular formula is C6H12K7N2O12P4-. The molecule has 0 aliphatic carbocycles. The zero-order chi connectivity index (χ0) is 19.4. The van der Waals surface area contributed by atoms with Gasteiger partial charge in [-0.15, -0.1) is 0 Å². The van der Waals surface area contributed by atoms with Gasteiger partial charge in [0.1, 0.15) is 0 Å². The molecule has 0 atom stereocenters. The molecule has 0 bridgehead atoms. The summed E-state index contributed by atoms with van der Waals surface area (Å²) in [6.45, 7) is -1.55. The van der Waals surface area contributed by atoms with Crippen LogP contribution in [0, 0.1) is 0 Å². The Bertz CT molecular complexity index is 510. The summed E-state index contributed by atoms with van der Waals surface area (Å²) in [4.78, 5) is 85.9. The van der Waals surface area contributed by atoms with Crippen LogP contribution in [0.15, 0.2) is 0 Å². The molecule has 0 radical (unpaired) electrons. The first-order chi connectivity index (χ1) is 10.4. The topological polar surface area (TPSA) is 259 Å². The molecule has 25 heteroatoms. The summed E-state index contributed by atoms with van der Waals surface area (Å²) in [5.41, 5.74) is 0. The number of nitrogens with zero attached hydrogens (tertiary/aromatic N) is 2. The van der Waals surface area contributed by atoms with Crippen molar-refractivity contribution in [2.24, 2.45) is 0 Å². The SMILES string of the molecule is O=P([O-])([O-])CN(CCN(CP(=O)([O-])[O-])CP(=O)([O-])[O-])CP(=O)([O-])[O-].[K+].[K+].[K+].[K+].[K+].[K+].[K+]. The van der Waals surface area contributed by atoms with Gasteiger partial charge in [-0.05, 0) is 0 Å². The maximum Gasteiger partial charge on any atom is 1.00 e. The van der Waals surface area contributed by atoms with Crippen LogP contribution in [0.1, 0.15) is 0 Å². The van der Waals surface area contributed by atoms with E-state index in [1.165, 1.54) is 0 Å². The van der Waals surface area contributed by atoms with Crippen molar-refractivity contribution in [3.8, 4) is 0 Å². The zero-order valence-corrected chi connectivity index (χ0v) is 44.3. The summed E-state index contributed by atoms with van der Waals surface area (Å²) in [6.07, 6.45) is -5.63. The predicted molar refractivity (Wildman–Crippen MR) is 63.3 cm³/mol. The molecule has 0 aliphatic rings. The van der Waals surface area contributed by atoms with Crippen LogP contribution in [0.4, 0.5) is 0 Å². The van der Waals surface area contributed by atoms with Gasteiger partial charge in [0.2, 0.25) is 0 Å². The van der Waals surface area contributed by atoms with Crippen molar-refractivity contribution in [2.75, 3.05) is 38.2 Å². The Hall–Kier alpha value is 12.0. The molecular weight excluding hydrogens is 690 g/mol. The second-order valence-corrected chi connectivity index (χ2v) is 10.8. The Morgan fingerprint density at radius 1 is 0.387 bits per heavy atom.